The monoisotopic (exact) mass is 394 g/mol. The van der Waals surface area contributed by atoms with Gasteiger partial charge in [-0.3, -0.25) is 14.2 Å². The van der Waals surface area contributed by atoms with Crippen LogP contribution in [0.3, 0.4) is 0 Å². The van der Waals surface area contributed by atoms with E-state index in [0.29, 0.717) is 17.0 Å². The maximum absolute atomic E-state index is 12.9. The molecule has 0 aliphatic carbocycles. The number of benzene rings is 2. The van der Waals surface area contributed by atoms with E-state index in [0.717, 1.165) is 28.5 Å². The van der Waals surface area contributed by atoms with Crippen LogP contribution in [0.2, 0.25) is 0 Å². The zero-order chi connectivity index (χ0) is 20.3. The average Bonchev–Trinajstić information content (AvgIpc) is 2.67. The number of nitrogens with zero attached hydrogens (tertiary/aromatic N) is 2. The van der Waals surface area contributed by atoms with Crippen molar-refractivity contribution in [1.82, 2.24) is 9.55 Å². The Morgan fingerprint density at radius 2 is 1.82 bits per heavy atom. The summed E-state index contributed by atoms with van der Waals surface area (Å²) in [4.78, 5) is 29.7. The van der Waals surface area contributed by atoms with Crippen molar-refractivity contribution in [2.75, 3.05) is 12.9 Å². The first-order chi connectivity index (χ1) is 13.4. The number of rotatable bonds is 6. The second-order valence-electron chi connectivity index (χ2n) is 6.61. The molecule has 0 N–H and O–H groups in total. The Balaban J connectivity index is 1.87. The molecule has 2 aromatic carbocycles. The van der Waals surface area contributed by atoms with Crippen molar-refractivity contribution >= 4 is 17.5 Å². The van der Waals surface area contributed by atoms with Crippen LogP contribution in [-0.2, 0) is 0 Å². The standard InChI is InChI=1S/C22H22N2O3S/c1-14-5-7-17(16(3)11-14)19(25)13-28-21-22(26)24(10-9-23-21)18-12-15(2)6-8-20(18)27-4/h5-12H,13H2,1-4H3. The van der Waals surface area contributed by atoms with Crippen LogP contribution < -0.4 is 10.3 Å². The van der Waals surface area contributed by atoms with Crippen molar-refractivity contribution in [1.29, 1.82) is 0 Å². The lowest BCUT2D eigenvalue weighted by molar-refractivity contribution is 0.102. The van der Waals surface area contributed by atoms with Gasteiger partial charge in [-0.25, -0.2) is 4.98 Å². The minimum atomic E-state index is -0.273. The predicted molar refractivity (Wildman–Crippen MR) is 112 cm³/mol. The fraction of sp³-hybridized carbons (Fsp3) is 0.227. The van der Waals surface area contributed by atoms with Crippen molar-refractivity contribution in [3.8, 4) is 11.4 Å². The average molecular weight is 394 g/mol. The van der Waals surface area contributed by atoms with Crippen molar-refractivity contribution in [2.45, 2.75) is 25.8 Å². The fourth-order valence-corrected chi connectivity index (χ4v) is 3.79. The number of ketones is 1. The first-order valence-corrected chi connectivity index (χ1v) is 9.85. The molecular weight excluding hydrogens is 372 g/mol. The topological polar surface area (TPSA) is 61.2 Å². The number of carbonyl (C=O) groups excluding carboxylic acids is 1. The molecule has 6 heteroatoms. The lowest BCUT2D eigenvalue weighted by Gasteiger charge is -2.12. The number of aryl methyl sites for hydroxylation is 3. The maximum atomic E-state index is 12.9. The molecule has 3 rings (SSSR count). The molecule has 0 saturated carbocycles. The van der Waals surface area contributed by atoms with E-state index in [1.54, 1.807) is 19.5 Å². The minimum Gasteiger partial charge on any atom is -0.495 e. The molecule has 0 saturated heterocycles. The van der Waals surface area contributed by atoms with Gasteiger partial charge in [-0.1, -0.05) is 41.6 Å². The second kappa shape index (κ2) is 8.44. The molecule has 0 unspecified atom stereocenters. The van der Waals surface area contributed by atoms with E-state index in [4.69, 9.17) is 4.74 Å². The van der Waals surface area contributed by atoms with E-state index in [1.165, 1.54) is 4.57 Å². The van der Waals surface area contributed by atoms with Crippen LogP contribution in [0, 0.1) is 20.8 Å². The third-order valence-electron chi connectivity index (χ3n) is 4.43. The lowest BCUT2D eigenvalue weighted by atomic mass is 10.0. The van der Waals surface area contributed by atoms with Crippen LogP contribution in [0.25, 0.3) is 5.69 Å². The summed E-state index contributed by atoms with van der Waals surface area (Å²) in [5.74, 6) is 0.731. The van der Waals surface area contributed by atoms with Crippen molar-refractivity contribution < 1.29 is 9.53 Å². The Hall–Kier alpha value is -2.86. The van der Waals surface area contributed by atoms with E-state index in [2.05, 4.69) is 4.98 Å². The molecule has 3 aromatic rings. The van der Waals surface area contributed by atoms with Crippen LogP contribution in [0.4, 0.5) is 0 Å². The molecule has 0 amide bonds. The van der Waals surface area contributed by atoms with Crippen LogP contribution in [0.5, 0.6) is 5.75 Å². The summed E-state index contributed by atoms with van der Waals surface area (Å²) < 4.78 is 6.89. The summed E-state index contributed by atoms with van der Waals surface area (Å²) in [6.45, 7) is 5.86. The van der Waals surface area contributed by atoms with Gasteiger partial charge in [-0.05, 0) is 44.0 Å². The molecule has 28 heavy (non-hydrogen) atoms. The Bertz CT molecular complexity index is 1090. The fourth-order valence-electron chi connectivity index (χ4n) is 3.01. The van der Waals surface area contributed by atoms with E-state index in [9.17, 15) is 9.59 Å². The minimum absolute atomic E-state index is 0.0211. The number of hydrogen-bond acceptors (Lipinski definition) is 5. The second-order valence-corrected chi connectivity index (χ2v) is 7.58. The molecule has 0 atom stereocenters. The van der Waals surface area contributed by atoms with E-state index in [1.807, 2.05) is 57.2 Å². The molecule has 1 aromatic heterocycles. The summed E-state index contributed by atoms with van der Waals surface area (Å²) in [7, 11) is 1.57. The smallest absolute Gasteiger partial charge is 0.287 e. The van der Waals surface area contributed by atoms with E-state index >= 15 is 0 Å². The van der Waals surface area contributed by atoms with Crippen molar-refractivity contribution in [3.05, 3.63) is 81.4 Å². The van der Waals surface area contributed by atoms with Crippen molar-refractivity contribution in [2.24, 2.45) is 0 Å². The Morgan fingerprint density at radius 3 is 2.54 bits per heavy atom. The quantitative estimate of drug-likeness (QED) is 0.464. The molecule has 5 nitrogen and oxygen atoms in total. The molecule has 0 spiro atoms. The number of ether oxygens (including phenoxy) is 1. The molecule has 0 aliphatic rings. The van der Waals surface area contributed by atoms with Gasteiger partial charge in [0.25, 0.3) is 5.56 Å². The third kappa shape index (κ3) is 4.17. The van der Waals surface area contributed by atoms with Gasteiger partial charge in [-0.2, -0.15) is 0 Å². The van der Waals surface area contributed by atoms with Gasteiger partial charge >= 0.3 is 0 Å². The van der Waals surface area contributed by atoms with Gasteiger partial charge < -0.3 is 4.74 Å². The maximum Gasteiger partial charge on any atom is 0.287 e. The van der Waals surface area contributed by atoms with Gasteiger partial charge in [0.15, 0.2) is 10.8 Å². The zero-order valence-electron chi connectivity index (χ0n) is 16.4. The SMILES string of the molecule is COc1ccc(C)cc1-n1ccnc(SCC(=O)c2ccc(C)cc2C)c1=O. The molecule has 0 fully saturated rings. The molecule has 144 valence electrons. The van der Waals surface area contributed by atoms with Crippen LogP contribution in [-0.4, -0.2) is 28.2 Å². The molecular formula is C22H22N2O3S. The van der Waals surface area contributed by atoms with Crippen molar-refractivity contribution in [3.63, 3.8) is 0 Å². The molecule has 1 heterocycles. The highest BCUT2D eigenvalue weighted by Crippen LogP contribution is 2.23. The number of aromatic nitrogens is 2. The predicted octanol–water partition coefficient (Wildman–Crippen LogP) is 4.14. The third-order valence-corrected chi connectivity index (χ3v) is 5.39. The summed E-state index contributed by atoms with van der Waals surface area (Å²) in [6.07, 6.45) is 3.17. The summed E-state index contributed by atoms with van der Waals surface area (Å²) in [6, 6.07) is 11.4. The molecule has 0 bridgehead atoms. The number of carbonyl (C=O) groups is 1. The first-order valence-electron chi connectivity index (χ1n) is 8.86. The summed E-state index contributed by atoms with van der Waals surface area (Å²) >= 11 is 1.15. The Kier molecular flexibility index (Phi) is 5.99. The van der Waals surface area contributed by atoms with Crippen LogP contribution in [0.1, 0.15) is 27.0 Å². The number of methoxy groups -OCH3 is 1. The van der Waals surface area contributed by atoms with Crippen LogP contribution >= 0.6 is 11.8 Å². The van der Waals surface area contributed by atoms with E-state index < -0.39 is 0 Å². The highest BCUT2D eigenvalue weighted by molar-refractivity contribution is 7.99. The number of thioether (sulfide) groups is 1. The van der Waals surface area contributed by atoms with Gasteiger partial charge in [0, 0.05) is 18.0 Å². The van der Waals surface area contributed by atoms with Gasteiger partial charge in [-0.15, -0.1) is 0 Å². The number of Topliss-reactive ketones (excluding diaryl/α,β-unsaturated/α-hetero) is 1. The molecule has 0 aliphatic heterocycles. The largest absolute Gasteiger partial charge is 0.495 e. The summed E-state index contributed by atoms with van der Waals surface area (Å²) in [5, 5.41) is 0.282. The Morgan fingerprint density at radius 1 is 1.11 bits per heavy atom. The Labute approximate surface area is 168 Å². The highest BCUT2D eigenvalue weighted by Gasteiger charge is 2.15. The number of hydrogen-bond donors (Lipinski definition) is 0. The molecule has 0 radical (unpaired) electrons. The highest BCUT2D eigenvalue weighted by atomic mass is 32.2. The van der Waals surface area contributed by atoms with Crippen LogP contribution in [0.15, 0.2) is 58.6 Å². The lowest BCUT2D eigenvalue weighted by Crippen LogP contribution is -2.21. The zero-order valence-corrected chi connectivity index (χ0v) is 17.2. The summed E-state index contributed by atoms with van der Waals surface area (Å²) in [5.41, 5.74) is 4.12. The van der Waals surface area contributed by atoms with Gasteiger partial charge in [0.05, 0.1) is 18.6 Å². The van der Waals surface area contributed by atoms with Gasteiger partial charge in [0.2, 0.25) is 0 Å². The first kappa shape index (κ1) is 19.9. The van der Waals surface area contributed by atoms with E-state index in [-0.39, 0.29) is 22.1 Å². The van der Waals surface area contributed by atoms with Gasteiger partial charge in [0.1, 0.15) is 5.75 Å². The normalized spacial score (nSPS) is 10.7.